The lowest BCUT2D eigenvalue weighted by Crippen LogP contribution is -2.35. The molecule has 0 unspecified atom stereocenters. The predicted molar refractivity (Wildman–Crippen MR) is 122 cm³/mol. The summed E-state index contributed by atoms with van der Waals surface area (Å²) in [6.45, 7) is 6.92. The Balaban J connectivity index is 0.00000300. The highest BCUT2D eigenvalue weighted by atomic mass is 35.5. The van der Waals surface area contributed by atoms with E-state index < -0.39 is 0 Å². The summed E-state index contributed by atoms with van der Waals surface area (Å²) in [5.74, 6) is 1.30. The van der Waals surface area contributed by atoms with E-state index in [0.29, 0.717) is 17.5 Å². The van der Waals surface area contributed by atoms with Crippen molar-refractivity contribution in [1.29, 1.82) is 0 Å². The van der Waals surface area contributed by atoms with Crippen LogP contribution in [0, 0.1) is 11.7 Å². The first-order chi connectivity index (χ1) is 13.6. The lowest BCUT2D eigenvalue weighted by atomic mass is 9.90. The Morgan fingerprint density at radius 1 is 1.14 bits per heavy atom. The fourth-order valence-corrected chi connectivity index (χ4v) is 4.02. The predicted octanol–water partition coefficient (Wildman–Crippen LogP) is 6.06. The zero-order valence-corrected chi connectivity index (χ0v) is 18.6. The van der Waals surface area contributed by atoms with Crippen LogP contribution in [0.25, 0.3) is 0 Å². The number of benzene rings is 2. The lowest BCUT2D eigenvalue weighted by Gasteiger charge is -2.32. The lowest BCUT2D eigenvalue weighted by molar-refractivity contribution is 0.183. The van der Waals surface area contributed by atoms with Crippen LogP contribution >= 0.6 is 24.0 Å². The molecule has 0 aromatic heterocycles. The quantitative estimate of drug-likeness (QED) is 0.479. The van der Waals surface area contributed by atoms with E-state index >= 15 is 0 Å². The molecular formula is C23H31Cl2FN2O. The molecule has 1 aliphatic heterocycles. The molecule has 0 spiro atoms. The molecular weight excluding hydrogens is 410 g/mol. The molecule has 0 aliphatic carbocycles. The maximum atomic E-state index is 13.0. The SMILES string of the molecule is CCOc1ccc(NCCCN2CCC(Cc3ccc(F)cc3)CC2)cc1Cl.Cl. The third-order valence-electron chi connectivity index (χ3n) is 5.36. The molecule has 0 amide bonds. The average Bonchev–Trinajstić information content (AvgIpc) is 2.70. The summed E-state index contributed by atoms with van der Waals surface area (Å²) in [5.41, 5.74) is 2.28. The van der Waals surface area contributed by atoms with E-state index in [4.69, 9.17) is 16.3 Å². The summed E-state index contributed by atoms with van der Waals surface area (Å²) in [5, 5.41) is 4.09. The molecule has 29 heavy (non-hydrogen) atoms. The highest BCUT2D eigenvalue weighted by Crippen LogP contribution is 2.27. The zero-order chi connectivity index (χ0) is 19.8. The van der Waals surface area contributed by atoms with Crippen LogP contribution < -0.4 is 10.1 Å². The molecule has 2 aromatic rings. The van der Waals surface area contributed by atoms with Gasteiger partial charge >= 0.3 is 0 Å². The summed E-state index contributed by atoms with van der Waals surface area (Å²) >= 11 is 6.23. The molecule has 1 heterocycles. The molecule has 1 N–H and O–H groups in total. The number of piperidine rings is 1. The minimum absolute atomic E-state index is 0. The molecule has 0 radical (unpaired) electrons. The number of hydrogen-bond acceptors (Lipinski definition) is 3. The van der Waals surface area contributed by atoms with Gasteiger partial charge in [-0.25, -0.2) is 4.39 Å². The van der Waals surface area contributed by atoms with Crippen LogP contribution in [0.4, 0.5) is 10.1 Å². The van der Waals surface area contributed by atoms with E-state index in [1.807, 2.05) is 37.3 Å². The molecule has 0 saturated carbocycles. The van der Waals surface area contributed by atoms with Gasteiger partial charge in [-0.15, -0.1) is 12.4 Å². The van der Waals surface area contributed by atoms with Crippen LogP contribution in [-0.2, 0) is 6.42 Å². The van der Waals surface area contributed by atoms with Gasteiger partial charge < -0.3 is 15.0 Å². The number of nitrogens with one attached hydrogen (secondary N) is 1. The van der Waals surface area contributed by atoms with Crippen molar-refractivity contribution in [3.8, 4) is 5.75 Å². The molecule has 0 atom stereocenters. The van der Waals surface area contributed by atoms with Crippen LogP contribution in [0.1, 0.15) is 31.7 Å². The van der Waals surface area contributed by atoms with Gasteiger partial charge in [-0.05, 0) is 94.1 Å². The van der Waals surface area contributed by atoms with E-state index in [1.165, 1.54) is 18.4 Å². The Morgan fingerprint density at radius 2 is 1.86 bits per heavy atom. The van der Waals surface area contributed by atoms with Crippen LogP contribution in [0.3, 0.4) is 0 Å². The summed E-state index contributed by atoms with van der Waals surface area (Å²) in [6, 6.07) is 12.8. The van der Waals surface area contributed by atoms with E-state index in [0.717, 1.165) is 50.5 Å². The fraction of sp³-hybridized carbons (Fsp3) is 0.478. The van der Waals surface area contributed by atoms with E-state index in [2.05, 4.69) is 10.2 Å². The van der Waals surface area contributed by atoms with Gasteiger partial charge in [-0.3, -0.25) is 0 Å². The van der Waals surface area contributed by atoms with E-state index in [-0.39, 0.29) is 18.2 Å². The van der Waals surface area contributed by atoms with Crippen molar-refractivity contribution in [3.05, 3.63) is 58.9 Å². The number of nitrogens with zero attached hydrogens (tertiary/aromatic N) is 1. The molecule has 1 aliphatic rings. The summed E-state index contributed by atoms with van der Waals surface area (Å²) in [6.07, 6.45) is 4.61. The van der Waals surface area contributed by atoms with Gasteiger partial charge in [0.15, 0.2) is 0 Å². The van der Waals surface area contributed by atoms with Gasteiger partial charge in [0, 0.05) is 12.2 Å². The van der Waals surface area contributed by atoms with Crippen molar-refractivity contribution in [1.82, 2.24) is 4.90 Å². The number of ether oxygens (including phenoxy) is 1. The van der Waals surface area contributed by atoms with Gasteiger partial charge in [-0.1, -0.05) is 23.7 Å². The van der Waals surface area contributed by atoms with Crippen molar-refractivity contribution in [2.75, 3.05) is 38.1 Å². The fourth-order valence-electron chi connectivity index (χ4n) is 3.79. The molecule has 160 valence electrons. The van der Waals surface area contributed by atoms with Crippen molar-refractivity contribution >= 4 is 29.7 Å². The second-order valence-corrected chi connectivity index (χ2v) is 7.88. The number of halogens is 3. The summed E-state index contributed by atoms with van der Waals surface area (Å²) in [4.78, 5) is 2.55. The molecule has 1 saturated heterocycles. The smallest absolute Gasteiger partial charge is 0.138 e. The standard InChI is InChI=1S/C23H30ClFN2O.ClH/c1-2-28-23-9-8-21(17-22(23)24)26-12-3-13-27-14-10-19(11-15-27)16-18-4-6-20(25)7-5-18;/h4-9,17,19,26H,2-3,10-16H2,1H3;1H. The Hall–Kier alpha value is -1.49. The second kappa shape index (κ2) is 12.3. The first kappa shape index (κ1) is 23.8. The molecule has 2 aromatic carbocycles. The Labute approximate surface area is 185 Å². The Bertz CT molecular complexity index is 734. The molecule has 0 bridgehead atoms. The van der Waals surface area contributed by atoms with Crippen LogP contribution in [-0.4, -0.2) is 37.7 Å². The topological polar surface area (TPSA) is 24.5 Å². The maximum absolute atomic E-state index is 13.0. The highest BCUT2D eigenvalue weighted by Gasteiger charge is 2.19. The van der Waals surface area contributed by atoms with E-state index in [1.54, 1.807) is 12.1 Å². The molecule has 1 fully saturated rings. The van der Waals surface area contributed by atoms with Gasteiger partial charge in [0.05, 0.1) is 11.6 Å². The highest BCUT2D eigenvalue weighted by molar-refractivity contribution is 6.32. The minimum Gasteiger partial charge on any atom is -0.492 e. The molecule has 3 nitrogen and oxygen atoms in total. The monoisotopic (exact) mass is 440 g/mol. The number of anilines is 1. The third kappa shape index (κ3) is 7.69. The third-order valence-corrected chi connectivity index (χ3v) is 5.65. The Morgan fingerprint density at radius 3 is 2.52 bits per heavy atom. The van der Waals surface area contributed by atoms with Gasteiger partial charge in [-0.2, -0.15) is 0 Å². The van der Waals surface area contributed by atoms with Crippen molar-refractivity contribution in [2.45, 2.75) is 32.6 Å². The van der Waals surface area contributed by atoms with Crippen molar-refractivity contribution < 1.29 is 9.13 Å². The van der Waals surface area contributed by atoms with Crippen molar-refractivity contribution in [2.24, 2.45) is 5.92 Å². The minimum atomic E-state index is -0.153. The normalized spacial score (nSPS) is 15.0. The van der Waals surface area contributed by atoms with Crippen LogP contribution in [0.5, 0.6) is 5.75 Å². The maximum Gasteiger partial charge on any atom is 0.138 e. The first-order valence-electron chi connectivity index (χ1n) is 10.3. The number of hydrogen-bond donors (Lipinski definition) is 1. The van der Waals surface area contributed by atoms with Gasteiger partial charge in [0.1, 0.15) is 11.6 Å². The van der Waals surface area contributed by atoms with Crippen molar-refractivity contribution in [3.63, 3.8) is 0 Å². The molecule has 6 heteroatoms. The van der Waals surface area contributed by atoms with Crippen LogP contribution in [0.2, 0.25) is 5.02 Å². The zero-order valence-electron chi connectivity index (χ0n) is 17.0. The number of rotatable bonds is 9. The van der Waals surface area contributed by atoms with Gasteiger partial charge in [0.2, 0.25) is 0 Å². The van der Waals surface area contributed by atoms with Crippen LogP contribution in [0.15, 0.2) is 42.5 Å². The number of likely N-dealkylation sites (tertiary alicyclic amines) is 1. The molecule has 3 rings (SSSR count). The summed E-state index contributed by atoms with van der Waals surface area (Å²) in [7, 11) is 0. The summed E-state index contributed by atoms with van der Waals surface area (Å²) < 4.78 is 18.5. The van der Waals surface area contributed by atoms with E-state index in [9.17, 15) is 4.39 Å². The first-order valence-corrected chi connectivity index (χ1v) is 10.6. The average molecular weight is 441 g/mol. The Kier molecular flexibility index (Phi) is 10.1. The second-order valence-electron chi connectivity index (χ2n) is 7.47. The van der Waals surface area contributed by atoms with Gasteiger partial charge in [0.25, 0.3) is 0 Å². The largest absolute Gasteiger partial charge is 0.492 e.